The summed E-state index contributed by atoms with van der Waals surface area (Å²) in [5.74, 6) is -0.00163. The molecule has 0 aliphatic rings. The van der Waals surface area contributed by atoms with Crippen LogP contribution in [0.25, 0.3) is 0 Å². The van der Waals surface area contributed by atoms with Gasteiger partial charge in [0.05, 0.1) is 12.4 Å². The van der Waals surface area contributed by atoms with E-state index in [0.717, 1.165) is 16.0 Å². The zero-order valence-corrected chi connectivity index (χ0v) is 19.7. The molecule has 0 heterocycles. The predicted octanol–water partition coefficient (Wildman–Crippen LogP) is 3.10. The Kier molecular flexibility index (Phi) is 9.01. The molecule has 29 heavy (non-hydrogen) atoms. The molecule has 0 fully saturated rings. The molecule has 0 aliphatic heterocycles. The van der Waals surface area contributed by atoms with Crippen molar-refractivity contribution in [3.05, 3.63) is 23.3 Å². The minimum Gasteiger partial charge on any atom is -0.507 e. The van der Waals surface area contributed by atoms with Crippen molar-refractivity contribution in [2.75, 3.05) is 31.3 Å². The van der Waals surface area contributed by atoms with E-state index < -0.39 is 21.8 Å². The molecule has 3 N–H and O–H groups in total. The Balaban J connectivity index is 2.61. The Hall–Kier alpha value is -1.29. The highest BCUT2D eigenvalue weighted by atomic mass is 32.2. The van der Waals surface area contributed by atoms with Crippen LogP contribution in [-0.4, -0.2) is 55.2 Å². The minimum absolute atomic E-state index is 0.158. The van der Waals surface area contributed by atoms with Crippen LogP contribution < -0.4 is 5.32 Å². The number of phenolic OH excluding ortho intramolecular Hbond substituents is 1. The van der Waals surface area contributed by atoms with Gasteiger partial charge < -0.3 is 15.2 Å². The van der Waals surface area contributed by atoms with Crippen LogP contribution in [0.1, 0.15) is 52.7 Å². The molecule has 1 aromatic rings. The van der Waals surface area contributed by atoms with Gasteiger partial charge in [-0.05, 0) is 23.0 Å². The second kappa shape index (κ2) is 10.1. The molecule has 7 nitrogen and oxygen atoms in total. The number of carbonyl (C=O) groups excluding carboxylic acids is 1. The molecule has 0 saturated heterocycles. The van der Waals surface area contributed by atoms with E-state index in [4.69, 9.17) is 9.29 Å². The molecule has 166 valence electrons. The fourth-order valence-corrected chi connectivity index (χ4v) is 3.79. The van der Waals surface area contributed by atoms with Gasteiger partial charge in [-0.15, -0.1) is 11.8 Å². The maximum Gasteiger partial charge on any atom is 0.266 e. The van der Waals surface area contributed by atoms with Crippen molar-refractivity contribution in [3.63, 3.8) is 0 Å². The average molecular weight is 448 g/mol. The lowest BCUT2D eigenvalue weighted by molar-refractivity contribution is -0.125. The third kappa shape index (κ3) is 9.37. The maximum atomic E-state index is 11.6. The lowest BCUT2D eigenvalue weighted by atomic mass is 9.79. The van der Waals surface area contributed by atoms with Crippen LogP contribution in [0.15, 0.2) is 17.0 Å². The van der Waals surface area contributed by atoms with Gasteiger partial charge in [0.25, 0.3) is 10.1 Å². The van der Waals surface area contributed by atoms with Gasteiger partial charge in [0.1, 0.15) is 12.4 Å². The van der Waals surface area contributed by atoms with Crippen molar-refractivity contribution in [2.24, 2.45) is 0 Å². The zero-order valence-electron chi connectivity index (χ0n) is 18.0. The molecular formula is C20H33NO6S2. The lowest BCUT2D eigenvalue weighted by Gasteiger charge is -2.28. The first-order valence-corrected chi connectivity index (χ1v) is 12.0. The molecule has 0 radical (unpaired) electrons. The number of ether oxygens (including phenoxy) is 1. The molecule has 1 amide bonds. The number of benzene rings is 1. The summed E-state index contributed by atoms with van der Waals surface area (Å²) < 4.78 is 35.1. The van der Waals surface area contributed by atoms with Gasteiger partial charge in [-0.2, -0.15) is 8.42 Å². The second-order valence-electron chi connectivity index (χ2n) is 8.90. The van der Waals surface area contributed by atoms with Crippen molar-refractivity contribution in [3.8, 4) is 5.75 Å². The van der Waals surface area contributed by atoms with Gasteiger partial charge in [0, 0.05) is 28.3 Å². The third-order valence-corrected chi connectivity index (χ3v) is 5.77. The van der Waals surface area contributed by atoms with Crippen LogP contribution in [0, 0.1) is 0 Å². The van der Waals surface area contributed by atoms with Gasteiger partial charge in [0.15, 0.2) is 0 Å². The summed E-state index contributed by atoms with van der Waals surface area (Å²) in [6, 6.07) is 3.99. The number of hydrogen-bond donors (Lipinski definition) is 3. The summed E-state index contributed by atoms with van der Waals surface area (Å²) >= 11 is 1.58. The van der Waals surface area contributed by atoms with Crippen molar-refractivity contribution in [1.82, 2.24) is 5.32 Å². The van der Waals surface area contributed by atoms with Crippen molar-refractivity contribution < 1.29 is 27.6 Å². The summed E-state index contributed by atoms with van der Waals surface area (Å²) in [6.07, 6.45) is 0. The van der Waals surface area contributed by atoms with Crippen LogP contribution >= 0.6 is 11.8 Å². The highest BCUT2D eigenvalue weighted by molar-refractivity contribution is 7.99. The third-order valence-electron chi connectivity index (χ3n) is 4.11. The minimum atomic E-state index is -4.09. The Morgan fingerprint density at radius 2 is 1.62 bits per heavy atom. The monoisotopic (exact) mass is 447 g/mol. The molecule has 0 unspecified atom stereocenters. The molecule has 0 aliphatic carbocycles. The van der Waals surface area contributed by atoms with E-state index in [1.165, 1.54) is 0 Å². The first kappa shape index (κ1) is 25.7. The number of aromatic hydroxyl groups is 1. The Morgan fingerprint density at radius 1 is 1.10 bits per heavy atom. The molecular weight excluding hydrogens is 414 g/mol. The second-order valence-corrected chi connectivity index (χ2v) is 11.6. The van der Waals surface area contributed by atoms with Crippen molar-refractivity contribution >= 4 is 27.8 Å². The molecule has 0 saturated carbocycles. The normalized spacial score (nSPS) is 12.8. The Morgan fingerprint density at radius 3 is 2.07 bits per heavy atom. The number of thioether (sulfide) groups is 1. The number of amides is 1. The highest BCUT2D eigenvalue weighted by Crippen LogP contribution is 2.41. The molecule has 1 rings (SSSR count). The number of carbonyl (C=O) groups is 1. The number of hydrogen-bond acceptors (Lipinski definition) is 6. The van der Waals surface area contributed by atoms with Crippen LogP contribution in [-0.2, 0) is 30.5 Å². The largest absolute Gasteiger partial charge is 0.507 e. The van der Waals surface area contributed by atoms with Gasteiger partial charge >= 0.3 is 0 Å². The SMILES string of the molecule is CC(C)(C)c1cc(SCCOCC(=O)NCCS(=O)(=O)O)cc(C(C)(C)C)c1O. The van der Waals surface area contributed by atoms with Gasteiger partial charge in [-0.25, -0.2) is 0 Å². The van der Waals surface area contributed by atoms with E-state index >= 15 is 0 Å². The van der Waals surface area contributed by atoms with Crippen LogP contribution in [0.3, 0.4) is 0 Å². The quantitative estimate of drug-likeness (QED) is 0.303. The Labute approximate surface area is 178 Å². The smallest absolute Gasteiger partial charge is 0.266 e. The fourth-order valence-electron chi connectivity index (χ4n) is 2.59. The maximum absolute atomic E-state index is 11.6. The van der Waals surface area contributed by atoms with Gasteiger partial charge in [-0.3, -0.25) is 9.35 Å². The van der Waals surface area contributed by atoms with Crippen LogP contribution in [0.5, 0.6) is 5.75 Å². The number of phenols is 1. The summed E-state index contributed by atoms with van der Waals surface area (Å²) in [7, 11) is -4.09. The summed E-state index contributed by atoms with van der Waals surface area (Å²) in [6.45, 7) is 12.4. The molecule has 0 aromatic heterocycles. The summed E-state index contributed by atoms with van der Waals surface area (Å²) in [4.78, 5) is 12.6. The van der Waals surface area contributed by atoms with E-state index in [9.17, 15) is 18.3 Å². The van der Waals surface area contributed by atoms with E-state index in [1.54, 1.807) is 11.8 Å². The van der Waals surface area contributed by atoms with Crippen molar-refractivity contribution in [2.45, 2.75) is 57.3 Å². The molecule has 1 aromatic carbocycles. The van der Waals surface area contributed by atoms with Crippen LogP contribution in [0.2, 0.25) is 0 Å². The van der Waals surface area contributed by atoms with Crippen LogP contribution in [0.4, 0.5) is 0 Å². The lowest BCUT2D eigenvalue weighted by Crippen LogP contribution is -2.32. The van der Waals surface area contributed by atoms with Gasteiger partial charge in [-0.1, -0.05) is 41.5 Å². The average Bonchev–Trinajstić information content (AvgIpc) is 2.52. The summed E-state index contributed by atoms with van der Waals surface area (Å²) in [5.41, 5.74) is 1.40. The molecule has 0 spiro atoms. The van der Waals surface area contributed by atoms with E-state index in [-0.39, 0.29) is 24.0 Å². The fraction of sp³-hybridized carbons (Fsp3) is 0.650. The van der Waals surface area contributed by atoms with E-state index in [2.05, 4.69) is 46.9 Å². The Bertz CT molecular complexity index is 772. The van der Waals surface area contributed by atoms with Gasteiger partial charge in [0.2, 0.25) is 5.91 Å². The first-order chi connectivity index (χ1) is 13.1. The standard InChI is InChI=1S/C20H33NO6S2/c1-19(2,3)15-11-14(12-16(18(15)23)20(4,5)6)28-9-8-27-13-17(22)21-7-10-29(24,25)26/h11-12,23H,7-10,13H2,1-6H3,(H,21,22)(H,24,25,26). The summed E-state index contributed by atoms with van der Waals surface area (Å²) in [5, 5.41) is 13.1. The molecule has 0 bridgehead atoms. The molecule has 0 atom stereocenters. The van der Waals surface area contributed by atoms with E-state index in [0.29, 0.717) is 18.1 Å². The number of rotatable bonds is 9. The van der Waals surface area contributed by atoms with Crippen molar-refractivity contribution in [1.29, 1.82) is 0 Å². The topological polar surface area (TPSA) is 113 Å². The number of nitrogens with one attached hydrogen (secondary N) is 1. The van der Waals surface area contributed by atoms with E-state index in [1.807, 2.05) is 12.1 Å². The highest BCUT2D eigenvalue weighted by Gasteiger charge is 2.26. The predicted molar refractivity (Wildman–Crippen MR) is 116 cm³/mol. The molecule has 9 heteroatoms. The first-order valence-electron chi connectivity index (χ1n) is 9.41. The zero-order chi connectivity index (χ0) is 22.5.